The van der Waals surface area contributed by atoms with Crippen molar-refractivity contribution in [1.82, 2.24) is 4.57 Å². The Morgan fingerprint density at radius 2 is 1.51 bits per heavy atom. The molecule has 0 aliphatic rings. The van der Waals surface area contributed by atoms with Gasteiger partial charge in [0.2, 0.25) is 5.75 Å². The normalized spacial score (nSPS) is 11.3. The minimum absolute atomic E-state index is 0.158. The topological polar surface area (TPSA) is 115 Å². The van der Waals surface area contributed by atoms with Crippen LogP contribution in [0.1, 0.15) is 48.4 Å². The van der Waals surface area contributed by atoms with Gasteiger partial charge < -0.3 is 28.3 Å². The fraction of sp³-hybridized carbons (Fsp3) is 0.385. The lowest BCUT2D eigenvalue weighted by atomic mass is 10.1. The molecule has 1 heterocycles. The van der Waals surface area contributed by atoms with Crippen LogP contribution in [0.15, 0.2) is 35.3 Å². The van der Waals surface area contributed by atoms with Gasteiger partial charge in [0.15, 0.2) is 16.3 Å². The lowest BCUT2D eigenvalue weighted by Gasteiger charge is -2.16. The Bertz CT molecular complexity index is 1330. The molecule has 3 rings (SSSR count). The quantitative estimate of drug-likeness (QED) is 0.342. The van der Waals surface area contributed by atoms with Crippen molar-refractivity contribution in [3.8, 4) is 17.2 Å². The monoisotopic (exact) mass is 530 g/mol. The summed E-state index contributed by atoms with van der Waals surface area (Å²) in [6, 6.07) is 8.01. The van der Waals surface area contributed by atoms with Gasteiger partial charge in [-0.3, -0.25) is 9.59 Å². The molecule has 2 aromatic carbocycles. The molecule has 37 heavy (non-hydrogen) atoms. The third-order valence-corrected chi connectivity index (χ3v) is 6.09. The number of ether oxygens (including phenoxy) is 5. The van der Waals surface area contributed by atoms with Gasteiger partial charge in [0.25, 0.3) is 5.91 Å². The fourth-order valence-corrected chi connectivity index (χ4v) is 4.62. The Morgan fingerprint density at radius 3 is 2.08 bits per heavy atom. The number of thiazole rings is 1. The highest BCUT2D eigenvalue weighted by atomic mass is 32.1. The third-order valence-electron chi connectivity index (χ3n) is 5.05. The van der Waals surface area contributed by atoms with E-state index in [0.29, 0.717) is 52.8 Å². The molecule has 11 heteroatoms. The first-order chi connectivity index (χ1) is 17.9. The molecule has 0 spiro atoms. The summed E-state index contributed by atoms with van der Waals surface area (Å²) in [7, 11) is 1.30. The SMILES string of the molecule is CCOC(=O)Cn1c(=NC(=O)c2cc(OCC)c(OCC)c(OCC)c2)sc2cc(C(=O)OC)ccc21. The van der Waals surface area contributed by atoms with Crippen molar-refractivity contribution in [2.75, 3.05) is 33.5 Å². The number of carbonyl (C=O) groups is 3. The molecule has 0 unspecified atom stereocenters. The molecule has 0 radical (unpaired) electrons. The zero-order valence-corrected chi connectivity index (χ0v) is 22.3. The number of esters is 2. The summed E-state index contributed by atoms with van der Waals surface area (Å²) in [6.07, 6.45) is 0. The molecule has 0 saturated carbocycles. The molecule has 0 aliphatic carbocycles. The molecular formula is C26H30N2O8S. The van der Waals surface area contributed by atoms with Gasteiger partial charge in [0.1, 0.15) is 6.54 Å². The molecule has 0 aliphatic heterocycles. The van der Waals surface area contributed by atoms with Crippen molar-refractivity contribution in [2.45, 2.75) is 34.2 Å². The summed E-state index contributed by atoms with van der Waals surface area (Å²) in [5.74, 6) is -0.395. The predicted octanol–water partition coefficient (Wildman–Crippen LogP) is 3.99. The second-order valence-corrected chi connectivity index (χ2v) is 8.48. The summed E-state index contributed by atoms with van der Waals surface area (Å²) in [5, 5.41) is 0. The molecule has 10 nitrogen and oxygen atoms in total. The Morgan fingerprint density at radius 1 is 0.865 bits per heavy atom. The van der Waals surface area contributed by atoms with E-state index in [9.17, 15) is 14.4 Å². The van der Waals surface area contributed by atoms with E-state index in [1.807, 2.05) is 20.8 Å². The smallest absolute Gasteiger partial charge is 0.337 e. The molecule has 0 bridgehead atoms. The Balaban J connectivity index is 2.16. The molecule has 0 N–H and O–H groups in total. The Kier molecular flexibility index (Phi) is 9.67. The molecule has 0 atom stereocenters. The third kappa shape index (κ3) is 6.48. The average Bonchev–Trinajstić information content (AvgIpc) is 3.21. The summed E-state index contributed by atoms with van der Waals surface area (Å²) in [6.45, 7) is 8.37. The van der Waals surface area contributed by atoms with Crippen LogP contribution in [0.4, 0.5) is 0 Å². The molecule has 0 fully saturated rings. The van der Waals surface area contributed by atoms with Crippen LogP contribution >= 0.6 is 11.3 Å². The Labute approximate surface area is 218 Å². The second-order valence-electron chi connectivity index (χ2n) is 7.47. The molecule has 1 amide bonds. The van der Waals surface area contributed by atoms with E-state index in [4.69, 9.17) is 23.7 Å². The Hall–Kier alpha value is -3.86. The van der Waals surface area contributed by atoms with Crippen LogP contribution in [0.2, 0.25) is 0 Å². The first-order valence-corrected chi connectivity index (χ1v) is 12.7. The number of carbonyl (C=O) groups excluding carboxylic acids is 3. The lowest BCUT2D eigenvalue weighted by Crippen LogP contribution is -2.23. The van der Waals surface area contributed by atoms with E-state index in [0.717, 1.165) is 11.3 Å². The van der Waals surface area contributed by atoms with Crippen LogP contribution in [0.25, 0.3) is 10.2 Å². The van der Waals surface area contributed by atoms with Gasteiger partial charge in [-0.1, -0.05) is 11.3 Å². The fourth-order valence-electron chi connectivity index (χ4n) is 3.56. The van der Waals surface area contributed by atoms with Gasteiger partial charge >= 0.3 is 11.9 Å². The minimum Gasteiger partial charge on any atom is -0.490 e. The van der Waals surface area contributed by atoms with E-state index < -0.39 is 17.8 Å². The minimum atomic E-state index is -0.567. The van der Waals surface area contributed by atoms with Crippen LogP contribution in [0.3, 0.4) is 0 Å². The number of aromatic nitrogens is 1. The van der Waals surface area contributed by atoms with Crippen molar-refractivity contribution in [3.05, 3.63) is 46.3 Å². The van der Waals surface area contributed by atoms with Crippen LogP contribution in [0, 0.1) is 0 Å². The van der Waals surface area contributed by atoms with E-state index in [2.05, 4.69) is 4.99 Å². The zero-order valence-electron chi connectivity index (χ0n) is 21.5. The average molecular weight is 531 g/mol. The van der Waals surface area contributed by atoms with E-state index >= 15 is 0 Å². The van der Waals surface area contributed by atoms with Gasteiger partial charge in [-0.15, -0.1) is 0 Å². The van der Waals surface area contributed by atoms with E-state index in [-0.39, 0.29) is 23.5 Å². The number of methoxy groups -OCH3 is 1. The van der Waals surface area contributed by atoms with Crippen molar-refractivity contribution >= 4 is 39.4 Å². The van der Waals surface area contributed by atoms with Crippen molar-refractivity contribution in [3.63, 3.8) is 0 Å². The maximum absolute atomic E-state index is 13.3. The maximum atomic E-state index is 13.3. The highest BCUT2D eigenvalue weighted by Gasteiger charge is 2.20. The van der Waals surface area contributed by atoms with E-state index in [1.54, 1.807) is 41.8 Å². The first-order valence-electron chi connectivity index (χ1n) is 11.9. The van der Waals surface area contributed by atoms with Crippen LogP contribution in [-0.4, -0.2) is 56.0 Å². The number of hydrogen-bond donors (Lipinski definition) is 0. The molecule has 198 valence electrons. The maximum Gasteiger partial charge on any atom is 0.337 e. The highest BCUT2D eigenvalue weighted by molar-refractivity contribution is 7.16. The number of hydrogen-bond acceptors (Lipinski definition) is 9. The van der Waals surface area contributed by atoms with Crippen molar-refractivity contribution < 1.29 is 38.1 Å². The molecule has 0 saturated heterocycles. The second kappa shape index (κ2) is 12.9. The van der Waals surface area contributed by atoms with Gasteiger partial charge in [0.05, 0.1) is 49.3 Å². The summed E-state index contributed by atoms with van der Waals surface area (Å²) >= 11 is 1.16. The van der Waals surface area contributed by atoms with Crippen LogP contribution in [0.5, 0.6) is 17.2 Å². The number of benzene rings is 2. The number of amides is 1. The summed E-state index contributed by atoms with van der Waals surface area (Å²) in [4.78, 5) is 42.3. The first kappa shape index (κ1) is 27.7. The summed E-state index contributed by atoms with van der Waals surface area (Å²) in [5.41, 5.74) is 1.19. The lowest BCUT2D eigenvalue weighted by molar-refractivity contribution is -0.143. The van der Waals surface area contributed by atoms with Crippen molar-refractivity contribution in [1.29, 1.82) is 0 Å². The van der Waals surface area contributed by atoms with Gasteiger partial charge in [-0.25, -0.2) is 4.79 Å². The number of rotatable bonds is 11. The summed E-state index contributed by atoms with van der Waals surface area (Å²) < 4.78 is 29.3. The number of nitrogens with zero attached hydrogens (tertiary/aromatic N) is 2. The van der Waals surface area contributed by atoms with Crippen LogP contribution < -0.4 is 19.0 Å². The molecule has 1 aromatic heterocycles. The van der Waals surface area contributed by atoms with Gasteiger partial charge in [0, 0.05) is 5.56 Å². The molecule has 3 aromatic rings. The standard InChI is InChI=1S/C26H30N2O8S/c1-6-33-19-12-17(13-20(34-7-2)23(19)36-9-4)24(30)27-26-28(15-22(29)35-8-3)18-11-10-16(25(31)32-5)14-21(18)37-26/h10-14H,6-9,15H2,1-5H3. The van der Waals surface area contributed by atoms with Gasteiger partial charge in [-0.05, 0) is 58.0 Å². The van der Waals surface area contributed by atoms with E-state index in [1.165, 1.54) is 7.11 Å². The molecular weight excluding hydrogens is 500 g/mol. The largest absolute Gasteiger partial charge is 0.490 e. The number of fused-ring (bicyclic) bond motifs is 1. The van der Waals surface area contributed by atoms with Crippen LogP contribution in [-0.2, 0) is 20.8 Å². The van der Waals surface area contributed by atoms with Gasteiger partial charge in [-0.2, -0.15) is 4.99 Å². The zero-order chi connectivity index (χ0) is 26.9. The van der Waals surface area contributed by atoms with Crippen molar-refractivity contribution in [2.24, 2.45) is 4.99 Å². The highest BCUT2D eigenvalue weighted by Crippen LogP contribution is 2.39. The predicted molar refractivity (Wildman–Crippen MR) is 138 cm³/mol.